The summed E-state index contributed by atoms with van der Waals surface area (Å²) in [7, 11) is 1.67. The molecule has 1 aliphatic heterocycles. The number of rotatable bonds is 5. The van der Waals surface area contributed by atoms with E-state index in [4.69, 9.17) is 9.72 Å². The van der Waals surface area contributed by atoms with Crippen LogP contribution in [0.1, 0.15) is 36.4 Å². The van der Waals surface area contributed by atoms with Gasteiger partial charge < -0.3 is 15.4 Å². The lowest BCUT2D eigenvalue weighted by atomic mass is 10.0. The van der Waals surface area contributed by atoms with Gasteiger partial charge in [-0.25, -0.2) is 4.98 Å². The van der Waals surface area contributed by atoms with Gasteiger partial charge in [0.2, 0.25) is 5.91 Å². The van der Waals surface area contributed by atoms with E-state index in [1.807, 2.05) is 31.2 Å². The van der Waals surface area contributed by atoms with Gasteiger partial charge in [0.1, 0.15) is 10.8 Å². The Kier molecular flexibility index (Phi) is 5.19. The average molecular weight is 386 g/mol. The number of aryl methyl sites for hydroxylation is 1. The van der Waals surface area contributed by atoms with Crippen LogP contribution in [0.15, 0.2) is 24.3 Å². The van der Waals surface area contributed by atoms with Gasteiger partial charge in [-0.2, -0.15) is 0 Å². The Morgan fingerprint density at radius 1 is 1.26 bits per heavy atom. The molecule has 5 nitrogen and oxygen atoms in total. The number of methoxy groups -OCH3 is 1. The molecule has 1 amide bonds. The van der Waals surface area contributed by atoms with E-state index >= 15 is 0 Å². The Morgan fingerprint density at radius 3 is 2.56 bits per heavy atom. The maximum absolute atomic E-state index is 12.8. The number of carbonyl (C=O) groups is 1. The van der Waals surface area contributed by atoms with Crippen LogP contribution in [0.3, 0.4) is 0 Å². The molecule has 27 heavy (non-hydrogen) atoms. The molecule has 2 aliphatic rings. The molecule has 2 unspecified atom stereocenters. The molecule has 6 heteroatoms. The van der Waals surface area contributed by atoms with E-state index < -0.39 is 0 Å². The molecule has 2 heterocycles. The lowest BCUT2D eigenvalue weighted by molar-refractivity contribution is -0.125. The lowest BCUT2D eigenvalue weighted by Crippen LogP contribution is -2.32. The normalized spacial score (nSPS) is 25.2. The highest BCUT2D eigenvalue weighted by Crippen LogP contribution is 2.39. The minimum Gasteiger partial charge on any atom is -0.497 e. The number of nitrogens with one attached hydrogen (secondary N) is 2. The number of aromatic nitrogens is 1. The van der Waals surface area contributed by atoms with E-state index in [1.54, 1.807) is 18.4 Å². The summed E-state index contributed by atoms with van der Waals surface area (Å²) in [6, 6.07) is 7.93. The van der Waals surface area contributed by atoms with Crippen molar-refractivity contribution >= 4 is 17.2 Å². The fourth-order valence-corrected chi connectivity index (χ4v) is 5.52. The third-order valence-corrected chi connectivity index (χ3v) is 7.34. The van der Waals surface area contributed by atoms with Crippen LogP contribution in [-0.2, 0) is 4.79 Å². The molecule has 2 fully saturated rings. The summed E-state index contributed by atoms with van der Waals surface area (Å²) in [5, 5.41) is 7.66. The van der Waals surface area contributed by atoms with Crippen molar-refractivity contribution in [1.82, 2.24) is 15.6 Å². The monoisotopic (exact) mass is 385 g/mol. The second-order valence-electron chi connectivity index (χ2n) is 7.77. The molecule has 4 rings (SSSR count). The Hall–Kier alpha value is -1.92. The van der Waals surface area contributed by atoms with E-state index in [9.17, 15) is 4.79 Å². The predicted molar refractivity (Wildman–Crippen MR) is 108 cm³/mol. The number of fused-ring (bicyclic) bond motifs is 1. The summed E-state index contributed by atoms with van der Waals surface area (Å²) >= 11 is 1.66. The standard InChI is InChI=1S/C21H27N3O2S/c1-12(23-20(25)15-8-16-10-22-11-17(16)9-15)19-13(2)24-21(27-19)14-4-6-18(26-3)7-5-14/h4-7,12,15-17,22H,8-11H2,1-3H3,(H,23,25)/t12?,15?,16-,17+. The van der Waals surface area contributed by atoms with Gasteiger partial charge in [0, 0.05) is 11.5 Å². The first kappa shape index (κ1) is 18.4. The molecular formula is C21H27N3O2S. The maximum Gasteiger partial charge on any atom is 0.223 e. The Morgan fingerprint density at radius 2 is 1.93 bits per heavy atom. The van der Waals surface area contributed by atoms with Crippen molar-refractivity contribution in [2.24, 2.45) is 17.8 Å². The highest BCUT2D eigenvalue weighted by atomic mass is 32.1. The van der Waals surface area contributed by atoms with Gasteiger partial charge in [-0.1, -0.05) is 0 Å². The first-order valence-corrected chi connectivity index (χ1v) is 10.5. The van der Waals surface area contributed by atoms with Gasteiger partial charge in [0.05, 0.1) is 23.7 Å². The molecule has 0 bridgehead atoms. The van der Waals surface area contributed by atoms with Gasteiger partial charge in [-0.05, 0) is 75.9 Å². The van der Waals surface area contributed by atoms with Crippen LogP contribution in [-0.4, -0.2) is 31.1 Å². The summed E-state index contributed by atoms with van der Waals surface area (Å²) in [5.74, 6) is 2.57. The Bertz CT molecular complexity index is 805. The highest BCUT2D eigenvalue weighted by Gasteiger charge is 2.40. The van der Waals surface area contributed by atoms with Crippen molar-refractivity contribution in [2.75, 3.05) is 20.2 Å². The van der Waals surface area contributed by atoms with Crippen LogP contribution < -0.4 is 15.4 Å². The van der Waals surface area contributed by atoms with Gasteiger partial charge in [-0.15, -0.1) is 11.3 Å². The highest BCUT2D eigenvalue weighted by molar-refractivity contribution is 7.15. The van der Waals surface area contributed by atoms with E-state index in [0.717, 1.165) is 52.8 Å². The number of benzene rings is 1. The van der Waals surface area contributed by atoms with Crippen LogP contribution in [0.5, 0.6) is 5.75 Å². The summed E-state index contributed by atoms with van der Waals surface area (Å²) in [5.41, 5.74) is 2.07. The molecule has 1 aromatic carbocycles. The predicted octanol–water partition coefficient (Wildman–Crippen LogP) is 3.55. The summed E-state index contributed by atoms with van der Waals surface area (Å²) < 4.78 is 5.22. The number of ether oxygens (including phenoxy) is 1. The molecule has 0 radical (unpaired) electrons. The van der Waals surface area contributed by atoms with Crippen LogP contribution in [0.25, 0.3) is 10.6 Å². The van der Waals surface area contributed by atoms with Crippen LogP contribution in [0, 0.1) is 24.7 Å². The largest absolute Gasteiger partial charge is 0.497 e. The number of hydrogen-bond acceptors (Lipinski definition) is 5. The maximum atomic E-state index is 12.8. The van der Waals surface area contributed by atoms with Gasteiger partial charge in [0.15, 0.2) is 0 Å². The molecule has 1 saturated carbocycles. The SMILES string of the molecule is COc1ccc(-c2nc(C)c(C(C)NC(=O)C3C[C@H]4CNC[C@H]4C3)s2)cc1. The van der Waals surface area contributed by atoms with Gasteiger partial charge in [0.25, 0.3) is 0 Å². The third kappa shape index (κ3) is 3.73. The molecule has 144 valence electrons. The zero-order chi connectivity index (χ0) is 19.0. The smallest absolute Gasteiger partial charge is 0.223 e. The van der Waals surface area contributed by atoms with Crippen molar-refractivity contribution in [3.63, 3.8) is 0 Å². The van der Waals surface area contributed by atoms with Gasteiger partial charge >= 0.3 is 0 Å². The van der Waals surface area contributed by atoms with E-state index in [0.29, 0.717) is 11.8 Å². The number of carbonyl (C=O) groups excluding carboxylic acids is 1. The van der Waals surface area contributed by atoms with Crippen molar-refractivity contribution in [3.8, 4) is 16.3 Å². The molecule has 2 N–H and O–H groups in total. The molecule has 2 aromatic rings. The molecule has 4 atom stereocenters. The van der Waals surface area contributed by atoms with Crippen molar-refractivity contribution < 1.29 is 9.53 Å². The minimum absolute atomic E-state index is 0.0134. The topological polar surface area (TPSA) is 63.2 Å². The molecule has 1 saturated heterocycles. The fraction of sp³-hybridized carbons (Fsp3) is 0.524. The Balaban J connectivity index is 1.43. The molecule has 1 aromatic heterocycles. The van der Waals surface area contributed by atoms with Crippen LogP contribution in [0.2, 0.25) is 0 Å². The average Bonchev–Trinajstić information content (AvgIpc) is 3.36. The van der Waals surface area contributed by atoms with Crippen LogP contribution in [0.4, 0.5) is 0 Å². The van der Waals surface area contributed by atoms with E-state index in [2.05, 4.69) is 17.6 Å². The van der Waals surface area contributed by atoms with Crippen LogP contribution >= 0.6 is 11.3 Å². The lowest BCUT2D eigenvalue weighted by Gasteiger charge is -2.17. The number of hydrogen-bond donors (Lipinski definition) is 2. The van der Waals surface area contributed by atoms with Crippen molar-refractivity contribution in [2.45, 2.75) is 32.7 Å². The molecular weight excluding hydrogens is 358 g/mol. The first-order valence-electron chi connectivity index (χ1n) is 9.68. The first-order chi connectivity index (χ1) is 13.0. The van der Waals surface area contributed by atoms with E-state index in [1.165, 1.54) is 0 Å². The van der Waals surface area contributed by atoms with Crippen molar-refractivity contribution in [1.29, 1.82) is 0 Å². The Labute approximate surface area is 164 Å². The zero-order valence-corrected chi connectivity index (χ0v) is 16.9. The second-order valence-corrected chi connectivity index (χ2v) is 8.80. The number of thiazole rings is 1. The number of amides is 1. The summed E-state index contributed by atoms with van der Waals surface area (Å²) in [6.45, 7) is 6.23. The second kappa shape index (κ2) is 7.60. The zero-order valence-electron chi connectivity index (χ0n) is 16.1. The molecule has 0 spiro atoms. The fourth-order valence-electron chi connectivity index (χ4n) is 4.44. The minimum atomic E-state index is -0.0134. The van der Waals surface area contributed by atoms with Gasteiger partial charge in [-0.3, -0.25) is 4.79 Å². The summed E-state index contributed by atoms with van der Waals surface area (Å²) in [4.78, 5) is 18.6. The number of nitrogens with zero attached hydrogens (tertiary/aromatic N) is 1. The van der Waals surface area contributed by atoms with Crippen molar-refractivity contribution in [3.05, 3.63) is 34.8 Å². The molecule has 1 aliphatic carbocycles. The quantitative estimate of drug-likeness (QED) is 0.826. The third-order valence-electron chi connectivity index (χ3n) is 5.95. The van der Waals surface area contributed by atoms with E-state index in [-0.39, 0.29) is 17.9 Å². The summed E-state index contributed by atoms with van der Waals surface area (Å²) in [6.07, 6.45) is 2.05.